The van der Waals surface area contributed by atoms with Crippen molar-refractivity contribution in [1.82, 2.24) is 5.32 Å². The highest BCUT2D eigenvalue weighted by Crippen LogP contribution is 2.39. The summed E-state index contributed by atoms with van der Waals surface area (Å²) in [6, 6.07) is 12.2. The molecule has 2 aromatic carbocycles. The van der Waals surface area contributed by atoms with Gasteiger partial charge < -0.3 is 15.0 Å². The Labute approximate surface area is 237 Å². The number of nitrogens with one attached hydrogen (secondary N) is 1. The number of methoxy groups -OCH3 is 1. The third-order valence-electron chi connectivity index (χ3n) is 6.39. The third kappa shape index (κ3) is 6.74. The second-order valence-corrected chi connectivity index (χ2v) is 9.90. The van der Waals surface area contributed by atoms with Crippen LogP contribution in [0.2, 0.25) is 0 Å². The average Bonchev–Trinajstić information content (AvgIpc) is 3.12. The van der Waals surface area contributed by atoms with Crippen molar-refractivity contribution in [3.05, 3.63) is 53.3 Å². The quantitative estimate of drug-likeness (QED) is 0.398. The van der Waals surface area contributed by atoms with E-state index in [-0.39, 0.29) is 28.0 Å². The molecule has 0 unspecified atom stereocenters. The fraction of sp³-hybridized carbons (Fsp3) is 0.467. The average molecular weight is 557 g/mol. The number of nitrogens with zero attached hydrogens (tertiary/aromatic N) is 3. The molecule has 1 aliphatic rings. The highest BCUT2D eigenvalue weighted by molar-refractivity contribution is 7.81. The number of anilines is 2. The summed E-state index contributed by atoms with van der Waals surface area (Å²) in [4.78, 5) is 28.3. The van der Waals surface area contributed by atoms with Gasteiger partial charge in [-0.2, -0.15) is 5.26 Å². The molecule has 0 aliphatic carbocycles. The van der Waals surface area contributed by atoms with E-state index >= 15 is 4.39 Å². The summed E-state index contributed by atoms with van der Waals surface area (Å²) in [5.74, 6) is -1.47. The van der Waals surface area contributed by atoms with Gasteiger partial charge in [0.15, 0.2) is 16.7 Å². The van der Waals surface area contributed by atoms with Crippen molar-refractivity contribution in [2.24, 2.45) is 5.41 Å². The summed E-state index contributed by atoms with van der Waals surface area (Å²) >= 11 is 5.64. The summed E-state index contributed by atoms with van der Waals surface area (Å²) in [6.07, 6.45) is 1.38. The van der Waals surface area contributed by atoms with Crippen LogP contribution in [0.4, 0.5) is 15.8 Å². The second-order valence-electron chi connectivity index (χ2n) is 9.54. The topological polar surface area (TPSA) is 85.7 Å². The molecule has 1 aliphatic heterocycles. The summed E-state index contributed by atoms with van der Waals surface area (Å²) in [7, 11) is 2.89. The molecule has 0 spiro atoms. The Morgan fingerprint density at radius 2 is 1.69 bits per heavy atom. The summed E-state index contributed by atoms with van der Waals surface area (Å²) in [5, 5.41) is 12.0. The largest absolute Gasteiger partial charge is 0.492 e. The molecule has 9 heteroatoms. The third-order valence-corrected chi connectivity index (χ3v) is 6.75. The van der Waals surface area contributed by atoms with E-state index < -0.39 is 22.7 Å². The molecule has 1 fully saturated rings. The van der Waals surface area contributed by atoms with Crippen molar-refractivity contribution in [2.75, 3.05) is 24.0 Å². The predicted molar refractivity (Wildman–Crippen MR) is 160 cm³/mol. The Kier molecular flexibility index (Phi) is 12.1. The molecule has 2 aromatic rings. The van der Waals surface area contributed by atoms with E-state index in [0.717, 1.165) is 10.5 Å². The molecule has 2 amide bonds. The van der Waals surface area contributed by atoms with Gasteiger partial charge in [-0.05, 0) is 68.7 Å². The van der Waals surface area contributed by atoms with E-state index in [4.69, 9.17) is 17.0 Å². The van der Waals surface area contributed by atoms with Gasteiger partial charge >= 0.3 is 0 Å². The molecule has 212 valence electrons. The smallest absolute Gasteiger partial charge is 0.259 e. The Bertz CT molecular complexity index is 1220. The lowest BCUT2D eigenvalue weighted by Gasteiger charge is -2.29. The number of rotatable bonds is 7. The van der Waals surface area contributed by atoms with Crippen LogP contribution < -0.4 is 19.9 Å². The highest BCUT2D eigenvalue weighted by Gasteiger charge is 2.51. The molecule has 3 rings (SSSR count). The Morgan fingerprint density at radius 3 is 2.18 bits per heavy atom. The zero-order valence-corrected chi connectivity index (χ0v) is 25.5. The maximum absolute atomic E-state index is 15.2. The first-order chi connectivity index (χ1) is 18.4. The standard InChI is InChI=1S/C26H29FN4O3S.2C2H6/c1-25(2,22(32)29-5)14-13-16-7-10-18(11-8-16)31-24(35)30(23(33)26(31,3)4)19-12-9-17(15-28)21(34-6)20(19)27;2*1-2/h7-12H,13-14H2,1-6H3,(H,29,32);2*1-2H3. The Balaban J connectivity index is 0.00000181. The summed E-state index contributed by atoms with van der Waals surface area (Å²) < 4.78 is 20.3. The maximum Gasteiger partial charge on any atom is 0.259 e. The summed E-state index contributed by atoms with van der Waals surface area (Å²) in [6.45, 7) is 15.3. The Morgan fingerprint density at radius 1 is 1.13 bits per heavy atom. The van der Waals surface area contributed by atoms with E-state index in [2.05, 4.69) is 5.32 Å². The number of aryl methyl sites for hydroxylation is 1. The van der Waals surface area contributed by atoms with Crippen LogP contribution in [-0.2, 0) is 16.0 Å². The molecule has 0 radical (unpaired) electrons. The lowest BCUT2D eigenvalue weighted by atomic mass is 9.85. The molecule has 0 bridgehead atoms. The van der Waals surface area contributed by atoms with Crippen molar-refractivity contribution in [2.45, 2.75) is 73.8 Å². The molecule has 1 heterocycles. The van der Waals surface area contributed by atoms with Gasteiger partial charge in [0.2, 0.25) is 5.91 Å². The number of amides is 2. The van der Waals surface area contributed by atoms with Crippen LogP contribution in [0.15, 0.2) is 36.4 Å². The minimum absolute atomic E-state index is 0.0106. The lowest BCUT2D eigenvalue weighted by molar-refractivity contribution is -0.129. The van der Waals surface area contributed by atoms with Gasteiger partial charge in [-0.1, -0.05) is 53.7 Å². The fourth-order valence-corrected chi connectivity index (χ4v) is 4.68. The predicted octanol–water partition coefficient (Wildman–Crippen LogP) is 6.38. The summed E-state index contributed by atoms with van der Waals surface area (Å²) in [5.41, 5.74) is 0.112. The number of ether oxygens (including phenoxy) is 1. The van der Waals surface area contributed by atoms with Crippen LogP contribution in [-0.4, -0.2) is 36.6 Å². The number of benzene rings is 2. The number of carbonyl (C=O) groups is 2. The van der Waals surface area contributed by atoms with Crippen molar-refractivity contribution in [1.29, 1.82) is 5.26 Å². The monoisotopic (exact) mass is 556 g/mol. The van der Waals surface area contributed by atoms with Gasteiger partial charge in [-0.25, -0.2) is 4.39 Å². The molecular weight excluding hydrogens is 515 g/mol. The van der Waals surface area contributed by atoms with Gasteiger partial charge in [0.25, 0.3) is 5.91 Å². The number of hydrogen-bond acceptors (Lipinski definition) is 5. The molecular formula is C30H41FN4O3S. The van der Waals surface area contributed by atoms with Crippen molar-refractivity contribution in [3.8, 4) is 11.8 Å². The van der Waals surface area contributed by atoms with E-state index in [1.54, 1.807) is 25.8 Å². The SMILES string of the molecule is CC.CC.CNC(=O)C(C)(C)CCc1ccc(N2C(=S)N(c3ccc(C#N)c(OC)c3F)C(=O)C2(C)C)cc1. The molecule has 0 saturated carbocycles. The number of hydrogen-bond donors (Lipinski definition) is 1. The number of halogens is 1. The van der Waals surface area contributed by atoms with Crippen molar-refractivity contribution in [3.63, 3.8) is 0 Å². The lowest BCUT2D eigenvalue weighted by Crippen LogP contribution is -2.44. The second kappa shape index (κ2) is 14.0. The first-order valence-electron chi connectivity index (χ1n) is 13.2. The first kappa shape index (κ1) is 33.5. The molecule has 1 saturated heterocycles. The Hall–Kier alpha value is -3.51. The van der Waals surface area contributed by atoms with Crippen LogP contribution in [0.1, 0.15) is 72.9 Å². The number of nitriles is 1. The molecule has 0 atom stereocenters. The van der Waals surface area contributed by atoms with Gasteiger partial charge in [0.1, 0.15) is 11.6 Å². The normalized spacial score (nSPS) is 14.0. The van der Waals surface area contributed by atoms with Crippen LogP contribution >= 0.6 is 12.2 Å². The molecule has 39 heavy (non-hydrogen) atoms. The molecule has 0 aromatic heterocycles. The minimum atomic E-state index is -1.08. The van der Waals surface area contributed by atoms with Gasteiger partial charge in [0, 0.05) is 18.2 Å². The van der Waals surface area contributed by atoms with Gasteiger partial charge in [0.05, 0.1) is 18.4 Å². The van der Waals surface area contributed by atoms with Crippen molar-refractivity contribution >= 4 is 40.5 Å². The first-order valence-corrected chi connectivity index (χ1v) is 13.6. The highest BCUT2D eigenvalue weighted by atomic mass is 32.1. The zero-order chi connectivity index (χ0) is 30.1. The van der Waals surface area contributed by atoms with Gasteiger partial charge in [-0.15, -0.1) is 0 Å². The molecule has 1 N–H and O–H groups in total. The number of thiocarbonyl (C=S) groups is 1. The van der Waals surface area contributed by atoms with Crippen LogP contribution in [0.5, 0.6) is 5.75 Å². The number of carbonyl (C=O) groups excluding carboxylic acids is 2. The van der Waals surface area contributed by atoms with Crippen molar-refractivity contribution < 1.29 is 18.7 Å². The van der Waals surface area contributed by atoms with E-state index in [0.29, 0.717) is 18.5 Å². The van der Waals surface area contributed by atoms with Crippen LogP contribution in [0, 0.1) is 22.6 Å². The van der Waals surface area contributed by atoms with Crippen LogP contribution in [0.25, 0.3) is 0 Å². The zero-order valence-electron chi connectivity index (χ0n) is 24.7. The van der Waals surface area contributed by atoms with Crippen LogP contribution in [0.3, 0.4) is 0 Å². The van der Waals surface area contributed by atoms with E-state index in [9.17, 15) is 14.9 Å². The fourth-order valence-electron chi connectivity index (χ4n) is 4.17. The molecule has 7 nitrogen and oxygen atoms in total. The van der Waals surface area contributed by atoms with E-state index in [1.807, 2.05) is 71.9 Å². The minimum Gasteiger partial charge on any atom is -0.492 e. The van der Waals surface area contributed by atoms with E-state index in [1.165, 1.54) is 19.2 Å². The maximum atomic E-state index is 15.2. The van der Waals surface area contributed by atoms with Gasteiger partial charge in [-0.3, -0.25) is 14.5 Å².